The molecule has 27 heavy (non-hydrogen) atoms. The standard InChI is InChI=1S/C18H18N8O/c27-17(15-11-19-5-7-21-15)26-9-2-13(3-10-26)14-1-4-23-18(24-14)25-16-12-20-6-8-22-16/h1,4-8,11-13H,2-3,9-10H2,(H,22,23,24,25). The van der Waals surface area contributed by atoms with Crippen molar-refractivity contribution in [3.63, 3.8) is 0 Å². The van der Waals surface area contributed by atoms with Crippen LogP contribution in [0.2, 0.25) is 0 Å². The van der Waals surface area contributed by atoms with Crippen molar-refractivity contribution < 1.29 is 4.79 Å². The molecule has 1 aliphatic heterocycles. The Labute approximate surface area is 156 Å². The summed E-state index contributed by atoms with van der Waals surface area (Å²) in [6.45, 7) is 1.33. The Morgan fingerprint density at radius 1 is 0.963 bits per heavy atom. The predicted octanol–water partition coefficient (Wildman–Crippen LogP) is 1.82. The van der Waals surface area contributed by atoms with Crippen LogP contribution in [-0.2, 0) is 0 Å². The molecule has 136 valence electrons. The number of anilines is 2. The Hall–Kier alpha value is -3.49. The van der Waals surface area contributed by atoms with Crippen LogP contribution in [0.25, 0.3) is 0 Å². The van der Waals surface area contributed by atoms with Crippen LogP contribution in [0.4, 0.5) is 11.8 Å². The van der Waals surface area contributed by atoms with Gasteiger partial charge in [0.25, 0.3) is 5.91 Å². The SMILES string of the molecule is O=C(c1cnccn1)N1CCC(c2ccnc(Nc3cnccn3)n2)CC1. The van der Waals surface area contributed by atoms with E-state index in [0.717, 1.165) is 18.5 Å². The lowest BCUT2D eigenvalue weighted by atomic mass is 9.93. The van der Waals surface area contributed by atoms with E-state index >= 15 is 0 Å². The normalized spacial score (nSPS) is 14.7. The average Bonchev–Trinajstić information content (AvgIpc) is 2.75. The Bertz CT molecular complexity index is 898. The lowest BCUT2D eigenvalue weighted by Crippen LogP contribution is -2.38. The molecule has 9 nitrogen and oxygen atoms in total. The summed E-state index contributed by atoms with van der Waals surface area (Å²) in [5.41, 5.74) is 1.34. The molecule has 3 aromatic heterocycles. The quantitative estimate of drug-likeness (QED) is 0.748. The summed E-state index contributed by atoms with van der Waals surface area (Å²) in [6, 6.07) is 1.92. The summed E-state index contributed by atoms with van der Waals surface area (Å²) < 4.78 is 0. The van der Waals surface area contributed by atoms with Crippen LogP contribution < -0.4 is 5.32 Å². The third-order valence-corrected chi connectivity index (χ3v) is 4.46. The van der Waals surface area contributed by atoms with Gasteiger partial charge in [-0.25, -0.2) is 19.9 Å². The molecular formula is C18H18N8O. The molecule has 1 N–H and O–H groups in total. The first-order chi connectivity index (χ1) is 13.3. The van der Waals surface area contributed by atoms with E-state index in [0.29, 0.717) is 30.5 Å². The summed E-state index contributed by atoms with van der Waals surface area (Å²) in [5.74, 6) is 1.29. The molecule has 0 aliphatic carbocycles. The summed E-state index contributed by atoms with van der Waals surface area (Å²) in [5, 5.41) is 3.06. The van der Waals surface area contributed by atoms with Gasteiger partial charge in [0.1, 0.15) is 5.69 Å². The fourth-order valence-electron chi connectivity index (χ4n) is 3.09. The first-order valence-electron chi connectivity index (χ1n) is 8.71. The largest absolute Gasteiger partial charge is 0.337 e. The number of likely N-dealkylation sites (tertiary alicyclic amines) is 1. The van der Waals surface area contributed by atoms with Crippen LogP contribution >= 0.6 is 0 Å². The molecule has 4 heterocycles. The van der Waals surface area contributed by atoms with Crippen LogP contribution in [0.15, 0.2) is 49.4 Å². The van der Waals surface area contributed by atoms with Crippen molar-refractivity contribution in [2.45, 2.75) is 18.8 Å². The molecule has 1 aliphatic rings. The number of aromatic nitrogens is 6. The molecule has 0 spiro atoms. The zero-order chi connectivity index (χ0) is 18.5. The van der Waals surface area contributed by atoms with E-state index in [-0.39, 0.29) is 11.8 Å². The third kappa shape index (κ3) is 4.02. The number of hydrogen-bond donors (Lipinski definition) is 1. The monoisotopic (exact) mass is 362 g/mol. The van der Waals surface area contributed by atoms with E-state index in [2.05, 4.69) is 35.2 Å². The number of amides is 1. The van der Waals surface area contributed by atoms with Crippen molar-refractivity contribution in [2.75, 3.05) is 18.4 Å². The highest BCUT2D eigenvalue weighted by molar-refractivity contribution is 5.92. The van der Waals surface area contributed by atoms with E-state index in [1.165, 1.54) is 12.4 Å². The Morgan fingerprint density at radius 2 is 1.74 bits per heavy atom. The number of hydrogen-bond acceptors (Lipinski definition) is 8. The van der Waals surface area contributed by atoms with Crippen LogP contribution in [0.5, 0.6) is 0 Å². The maximum atomic E-state index is 12.5. The van der Waals surface area contributed by atoms with Gasteiger partial charge in [0.2, 0.25) is 5.95 Å². The van der Waals surface area contributed by atoms with Crippen molar-refractivity contribution in [3.05, 3.63) is 60.8 Å². The molecule has 0 radical (unpaired) electrons. The molecule has 1 amide bonds. The highest BCUT2D eigenvalue weighted by Crippen LogP contribution is 2.27. The summed E-state index contributed by atoms with van der Waals surface area (Å²) >= 11 is 0. The van der Waals surface area contributed by atoms with Crippen LogP contribution in [0.1, 0.15) is 34.9 Å². The van der Waals surface area contributed by atoms with Gasteiger partial charge in [-0.2, -0.15) is 0 Å². The van der Waals surface area contributed by atoms with E-state index < -0.39 is 0 Å². The van der Waals surface area contributed by atoms with Gasteiger partial charge in [-0.15, -0.1) is 0 Å². The minimum Gasteiger partial charge on any atom is -0.337 e. The maximum absolute atomic E-state index is 12.5. The van der Waals surface area contributed by atoms with Gasteiger partial charge in [-0.05, 0) is 18.9 Å². The molecule has 1 fully saturated rings. The number of nitrogens with one attached hydrogen (secondary N) is 1. The summed E-state index contributed by atoms with van der Waals surface area (Å²) in [7, 11) is 0. The number of carbonyl (C=O) groups is 1. The summed E-state index contributed by atoms with van der Waals surface area (Å²) in [4.78, 5) is 39.4. The molecular weight excluding hydrogens is 344 g/mol. The highest BCUT2D eigenvalue weighted by atomic mass is 16.2. The Kier molecular flexibility index (Phi) is 4.91. The van der Waals surface area contributed by atoms with Gasteiger partial charge >= 0.3 is 0 Å². The Balaban J connectivity index is 1.40. The van der Waals surface area contributed by atoms with E-state index in [4.69, 9.17) is 0 Å². The number of carbonyl (C=O) groups excluding carboxylic acids is 1. The van der Waals surface area contributed by atoms with Crippen molar-refractivity contribution >= 4 is 17.7 Å². The van der Waals surface area contributed by atoms with Crippen LogP contribution in [0, 0.1) is 0 Å². The zero-order valence-electron chi connectivity index (χ0n) is 14.6. The van der Waals surface area contributed by atoms with E-state index in [9.17, 15) is 4.79 Å². The first kappa shape index (κ1) is 17.0. The second kappa shape index (κ2) is 7.81. The fraction of sp³-hybridized carbons (Fsp3) is 0.278. The van der Waals surface area contributed by atoms with Gasteiger partial charge in [-0.3, -0.25) is 14.8 Å². The fourth-order valence-corrected chi connectivity index (χ4v) is 3.09. The topological polar surface area (TPSA) is 110 Å². The molecule has 9 heteroatoms. The molecule has 0 atom stereocenters. The van der Waals surface area contributed by atoms with Crippen molar-refractivity contribution in [2.24, 2.45) is 0 Å². The van der Waals surface area contributed by atoms with Gasteiger partial charge in [0.05, 0.1) is 12.4 Å². The predicted molar refractivity (Wildman–Crippen MR) is 97.3 cm³/mol. The molecule has 0 saturated carbocycles. The minimum atomic E-state index is -0.0748. The maximum Gasteiger partial charge on any atom is 0.274 e. The van der Waals surface area contributed by atoms with Crippen LogP contribution in [-0.4, -0.2) is 53.8 Å². The van der Waals surface area contributed by atoms with Gasteiger partial charge in [-0.1, -0.05) is 0 Å². The van der Waals surface area contributed by atoms with Gasteiger partial charge in [0, 0.05) is 55.7 Å². The van der Waals surface area contributed by atoms with E-state index in [1.807, 2.05) is 11.0 Å². The second-order valence-electron chi connectivity index (χ2n) is 6.18. The lowest BCUT2D eigenvalue weighted by molar-refractivity contribution is 0.0705. The second-order valence-corrected chi connectivity index (χ2v) is 6.18. The third-order valence-electron chi connectivity index (χ3n) is 4.46. The van der Waals surface area contributed by atoms with Gasteiger partial charge in [0.15, 0.2) is 5.82 Å². The van der Waals surface area contributed by atoms with E-state index in [1.54, 1.807) is 31.0 Å². The minimum absolute atomic E-state index is 0.0748. The molecule has 1 saturated heterocycles. The number of piperidine rings is 1. The molecule has 3 aromatic rings. The highest BCUT2D eigenvalue weighted by Gasteiger charge is 2.26. The molecule has 4 rings (SSSR count). The van der Waals surface area contributed by atoms with Crippen molar-refractivity contribution in [3.8, 4) is 0 Å². The Morgan fingerprint density at radius 3 is 2.44 bits per heavy atom. The van der Waals surface area contributed by atoms with Crippen LogP contribution in [0.3, 0.4) is 0 Å². The number of rotatable bonds is 4. The zero-order valence-corrected chi connectivity index (χ0v) is 14.6. The first-order valence-corrected chi connectivity index (χ1v) is 8.71. The summed E-state index contributed by atoms with van der Waals surface area (Å²) in [6.07, 6.45) is 12.8. The van der Waals surface area contributed by atoms with Crippen molar-refractivity contribution in [1.82, 2.24) is 34.8 Å². The molecule has 0 unspecified atom stereocenters. The van der Waals surface area contributed by atoms with Gasteiger partial charge < -0.3 is 10.2 Å². The molecule has 0 aromatic carbocycles. The smallest absolute Gasteiger partial charge is 0.274 e. The average molecular weight is 362 g/mol. The number of nitrogens with zero attached hydrogens (tertiary/aromatic N) is 7. The lowest BCUT2D eigenvalue weighted by Gasteiger charge is -2.31. The molecule has 0 bridgehead atoms. The van der Waals surface area contributed by atoms with Crippen molar-refractivity contribution in [1.29, 1.82) is 0 Å².